The number of benzene rings is 1. The highest BCUT2D eigenvalue weighted by Crippen LogP contribution is 2.27. The molecule has 1 saturated heterocycles. The van der Waals surface area contributed by atoms with Crippen LogP contribution in [0.5, 0.6) is 11.5 Å². The lowest BCUT2D eigenvalue weighted by atomic mass is 10.1. The molecule has 1 fully saturated rings. The number of ether oxygens (including phenoxy) is 2. The summed E-state index contributed by atoms with van der Waals surface area (Å²) in [5.74, 6) is 1.12. The number of carbonyl (C=O) groups is 1. The van der Waals surface area contributed by atoms with Crippen LogP contribution in [0.1, 0.15) is 12.8 Å². The zero-order valence-corrected chi connectivity index (χ0v) is 15.0. The lowest BCUT2D eigenvalue weighted by molar-refractivity contribution is -0.136. The lowest BCUT2D eigenvalue weighted by Crippen LogP contribution is -2.46. The van der Waals surface area contributed by atoms with Gasteiger partial charge in [-0.3, -0.25) is 9.78 Å². The zero-order valence-electron chi connectivity index (χ0n) is 13.5. The van der Waals surface area contributed by atoms with Crippen LogP contribution in [0, 0.1) is 0 Å². The Hall–Kier alpha value is -1.98. The minimum Gasteiger partial charge on any atom is -0.488 e. The summed E-state index contributed by atoms with van der Waals surface area (Å²) in [4.78, 5) is 18.1. The molecule has 0 spiro atoms. The maximum Gasteiger partial charge on any atom is 0.260 e. The Kier molecular flexibility index (Phi) is 6.00. The van der Waals surface area contributed by atoms with Gasteiger partial charge in [0.05, 0.1) is 11.6 Å². The first-order valence-electron chi connectivity index (χ1n) is 8.04. The van der Waals surface area contributed by atoms with Gasteiger partial charge in [0.15, 0.2) is 6.61 Å². The lowest BCUT2D eigenvalue weighted by Gasteiger charge is -2.32. The molecule has 0 N–H and O–H groups in total. The summed E-state index contributed by atoms with van der Waals surface area (Å²) in [5.41, 5.74) is 0. The third-order valence-electron chi connectivity index (χ3n) is 3.93. The molecule has 0 bridgehead atoms. The number of hydrogen-bond donors (Lipinski definition) is 0. The second-order valence-corrected chi connectivity index (χ2v) is 6.61. The third-order valence-corrected chi connectivity index (χ3v) is 4.46. The predicted molar refractivity (Wildman–Crippen MR) is 96.4 cm³/mol. The number of hydrogen-bond acceptors (Lipinski definition) is 4. The van der Waals surface area contributed by atoms with E-state index in [2.05, 4.69) is 4.98 Å². The first-order chi connectivity index (χ1) is 12.1. The van der Waals surface area contributed by atoms with Crippen molar-refractivity contribution in [2.75, 3.05) is 19.7 Å². The molecule has 0 saturated carbocycles. The average molecular weight is 381 g/mol. The SMILES string of the molecule is O=C(COc1ccc(Cl)cc1Cl)N1CCCC(Oc2ccncc2)C1. The summed E-state index contributed by atoms with van der Waals surface area (Å²) in [7, 11) is 0. The second kappa shape index (κ2) is 8.41. The molecule has 1 atom stereocenters. The third kappa shape index (κ3) is 5.00. The first kappa shape index (κ1) is 17.8. The smallest absolute Gasteiger partial charge is 0.260 e. The van der Waals surface area contributed by atoms with Crippen LogP contribution in [0.15, 0.2) is 42.7 Å². The molecule has 1 amide bonds. The molecule has 1 aromatic carbocycles. The van der Waals surface area contributed by atoms with Crippen LogP contribution in [0.4, 0.5) is 0 Å². The molecule has 5 nitrogen and oxygen atoms in total. The fraction of sp³-hybridized carbons (Fsp3) is 0.333. The van der Waals surface area contributed by atoms with E-state index in [4.69, 9.17) is 32.7 Å². The van der Waals surface area contributed by atoms with E-state index >= 15 is 0 Å². The number of rotatable bonds is 5. The molecule has 0 aliphatic carbocycles. The molecule has 0 radical (unpaired) electrons. The van der Waals surface area contributed by atoms with Gasteiger partial charge >= 0.3 is 0 Å². The maximum absolute atomic E-state index is 12.4. The van der Waals surface area contributed by atoms with Crippen molar-refractivity contribution in [2.24, 2.45) is 0 Å². The molecule has 1 aromatic heterocycles. The van der Waals surface area contributed by atoms with E-state index in [9.17, 15) is 4.79 Å². The average Bonchev–Trinajstić information content (AvgIpc) is 2.62. The number of piperidine rings is 1. The molecule has 25 heavy (non-hydrogen) atoms. The summed E-state index contributed by atoms with van der Waals surface area (Å²) in [6, 6.07) is 8.54. The van der Waals surface area contributed by atoms with E-state index in [-0.39, 0.29) is 18.6 Å². The van der Waals surface area contributed by atoms with Crippen molar-refractivity contribution in [1.29, 1.82) is 0 Å². The number of halogens is 2. The summed E-state index contributed by atoms with van der Waals surface area (Å²) in [5, 5.41) is 0.911. The Bertz CT molecular complexity index is 728. The van der Waals surface area contributed by atoms with Crippen molar-refractivity contribution < 1.29 is 14.3 Å². The molecule has 132 valence electrons. The van der Waals surface area contributed by atoms with Gasteiger partial charge in [0.25, 0.3) is 5.91 Å². The van der Waals surface area contributed by atoms with Gasteiger partial charge in [0.2, 0.25) is 0 Å². The van der Waals surface area contributed by atoms with Crippen LogP contribution in [-0.4, -0.2) is 41.6 Å². The number of carbonyl (C=O) groups excluding carboxylic acids is 1. The number of nitrogens with zero attached hydrogens (tertiary/aromatic N) is 2. The van der Waals surface area contributed by atoms with E-state index in [1.54, 1.807) is 35.5 Å². The molecular weight excluding hydrogens is 363 g/mol. The fourth-order valence-corrected chi connectivity index (χ4v) is 3.16. The van der Waals surface area contributed by atoms with Gasteiger partial charge in [-0.1, -0.05) is 23.2 Å². The van der Waals surface area contributed by atoms with E-state index in [0.29, 0.717) is 28.9 Å². The Labute approximate surface area is 156 Å². The van der Waals surface area contributed by atoms with Gasteiger partial charge in [-0.15, -0.1) is 0 Å². The van der Waals surface area contributed by atoms with Gasteiger partial charge in [0, 0.05) is 24.0 Å². The van der Waals surface area contributed by atoms with Crippen LogP contribution >= 0.6 is 23.2 Å². The highest BCUT2D eigenvalue weighted by molar-refractivity contribution is 6.35. The first-order valence-corrected chi connectivity index (χ1v) is 8.80. The summed E-state index contributed by atoms with van der Waals surface area (Å²) in [6.07, 6.45) is 5.15. The molecule has 2 aromatic rings. The minimum atomic E-state index is -0.0888. The maximum atomic E-state index is 12.4. The Morgan fingerprint density at radius 2 is 2.04 bits per heavy atom. The standard InChI is InChI=1S/C18H18Cl2N2O3/c19-13-3-4-17(16(20)10-13)24-12-18(23)22-9-1-2-15(11-22)25-14-5-7-21-8-6-14/h3-8,10,15H,1-2,9,11-12H2. The Morgan fingerprint density at radius 1 is 1.24 bits per heavy atom. The molecule has 1 aliphatic heterocycles. The van der Waals surface area contributed by atoms with Crippen LogP contribution in [-0.2, 0) is 4.79 Å². The van der Waals surface area contributed by atoms with Gasteiger partial charge in [0.1, 0.15) is 17.6 Å². The Balaban J connectivity index is 1.53. The van der Waals surface area contributed by atoms with Crippen molar-refractivity contribution in [3.63, 3.8) is 0 Å². The van der Waals surface area contributed by atoms with E-state index in [1.165, 1.54) is 0 Å². The number of pyridine rings is 1. The summed E-state index contributed by atoms with van der Waals surface area (Å²) in [6.45, 7) is 1.18. The number of likely N-dealkylation sites (tertiary alicyclic amines) is 1. The second-order valence-electron chi connectivity index (χ2n) is 5.77. The number of aromatic nitrogens is 1. The van der Waals surface area contributed by atoms with Crippen molar-refractivity contribution in [3.05, 3.63) is 52.8 Å². The highest BCUT2D eigenvalue weighted by atomic mass is 35.5. The van der Waals surface area contributed by atoms with Gasteiger partial charge in [-0.05, 0) is 43.2 Å². The highest BCUT2D eigenvalue weighted by Gasteiger charge is 2.25. The van der Waals surface area contributed by atoms with Crippen LogP contribution in [0.3, 0.4) is 0 Å². The molecular formula is C18H18Cl2N2O3. The molecule has 1 unspecified atom stereocenters. The minimum absolute atomic E-state index is 0.0285. The fourth-order valence-electron chi connectivity index (χ4n) is 2.69. The van der Waals surface area contributed by atoms with Gasteiger partial charge in [-0.25, -0.2) is 0 Å². The van der Waals surface area contributed by atoms with Crippen molar-refractivity contribution >= 4 is 29.1 Å². The molecule has 7 heteroatoms. The largest absolute Gasteiger partial charge is 0.488 e. The van der Waals surface area contributed by atoms with E-state index < -0.39 is 0 Å². The van der Waals surface area contributed by atoms with Gasteiger partial charge < -0.3 is 14.4 Å². The molecule has 3 rings (SSSR count). The van der Waals surface area contributed by atoms with Crippen LogP contribution in [0.25, 0.3) is 0 Å². The zero-order chi connectivity index (χ0) is 17.6. The number of amides is 1. The van der Waals surface area contributed by atoms with E-state index in [0.717, 1.165) is 18.6 Å². The van der Waals surface area contributed by atoms with Crippen LogP contribution < -0.4 is 9.47 Å². The molecule has 1 aliphatic rings. The van der Waals surface area contributed by atoms with E-state index in [1.807, 2.05) is 12.1 Å². The quantitative estimate of drug-likeness (QED) is 0.790. The van der Waals surface area contributed by atoms with Crippen LogP contribution in [0.2, 0.25) is 10.0 Å². The normalized spacial score (nSPS) is 17.2. The van der Waals surface area contributed by atoms with Crippen molar-refractivity contribution in [2.45, 2.75) is 18.9 Å². The monoisotopic (exact) mass is 380 g/mol. The summed E-state index contributed by atoms with van der Waals surface area (Å²) >= 11 is 11.9. The summed E-state index contributed by atoms with van der Waals surface area (Å²) < 4.78 is 11.4. The predicted octanol–water partition coefficient (Wildman–Crippen LogP) is 3.84. The van der Waals surface area contributed by atoms with Crippen molar-refractivity contribution in [1.82, 2.24) is 9.88 Å². The Morgan fingerprint density at radius 3 is 2.80 bits per heavy atom. The molecule has 2 heterocycles. The topological polar surface area (TPSA) is 51.7 Å². The van der Waals surface area contributed by atoms with Crippen molar-refractivity contribution in [3.8, 4) is 11.5 Å². The van der Waals surface area contributed by atoms with Gasteiger partial charge in [-0.2, -0.15) is 0 Å².